The molecule has 1 rings (SSSR count). The number of methoxy groups -OCH3 is 1. The van der Waals surface area contributed by atoms with Crippen molar-refractivity contribution in [2.24, 2.45) is 11.7 Å². The SMILES string of the molecule is COc1ccc(CC[C@@H](CN)CNC(=O)O)cc1. The molecular formula is C13H20N2O3. The van der Waals surface area contributed by atoms with Gasteiger partial charge in [-0.2, -0.15) is 0 Å². The molecule has 0 bridgehead atoms. The monoisotopic (exact) mass is 252 g/mol. The van der Waals surface area contributed by atoms with Gasteiger partial charge in [-0.15, -0.1) is 0 Å². The standard InChI is InChI=1S/C13H20N2O3/c1-18-12-6-4-10(5-7-12)2-3-11(8-14)9-15-13(16)17/h4-7,11,15H,2-3,8-9,14H2,1H3,(H,16,17)/t11-/m0/s1. The van der Waals surface area contributed by atoms with Gasteiger partial charge >= 0.3 is 6.09 Å². The third kappa shape index (κ3) is 5.05. The van der Waals surface area contributed by atoms with Gasteiger partial charge in [0.05, 0.1) is 7.11 Å². The van der Waals surface area contributed by atoms with Gasteiger partial charge in [-0.3, -0.25) is 0 Å². The lowest BCUT2D eigenvalue weighted by Crippen LogP contribution is -2.31. The Bertz CT molecular complexity index is 365. The largest absolute Gasteiger partial charge is 0.497 e. The van der Waals surface area contributed by atoms with E-state index >= 15 is 0 Å². The minimum absolute atomic E-state index is 0.170. The lowest BCUT2D eigenvalue weighted by molar-refractivity contribution is 0.192. The Morgan fingerprint density at radius 3 is 2.61 bits per heavy atom. The van der Waals surface area contributed by atoms with Crippen molar-refractivity contribution in [3.63, 3.8) is 0 Å². The van der Waals surface area contributed by atoms with Gasteiger partial charge in [-0.05, 0) is 43.0 Å². The summed E-state index contributed by atoms with van der Waals surface area (Å²) in [5, 5.41) is 10.9. The number of hydrogen-bond donors (Lipinski definition) is 3. The molecule has 18 heavy (non-hydrogen) atoms. The quantitative estimate of drug-likeness (QED) is 0.686. The number of rotatable bonds is 7. The van der Waals surface area contributed by atoms with Crippen LogP contribution in [0.15, 0.2) is 24.3 Å². The number of nitrogens with one attached hydrogen (secondary N) is 1. The normalized spacial score (nSPS) is 11.9. The molecule has 0 fully saturated rings. The molecule has 1 atom stereocenters. The number of carboxylic acid groups (broad SMARTS) is 1. The molecule has 0 saturated carbocycles. The Balaban J connectivity index is 2.38. The van der Waals surface area contributed by atoms with Crippen LogP contribution in [0.5, 0.6) is 5.75 Å². The molecule has 0 spiro atoms. The van der Waals surface area contributed by atoms with E-state index in [-0.39, 0.29) is 5.92 Å². The first kappa shape index (κ1) is 14.3. The summed E-state index contributed by atoms with van der Waals surface area (Å²) < 4.78 is 5.09. The first-order valence-electron chi connectivity index (χ1n) is 5.95. The molecule has 0 aliphatic rings. The van der Waals surface area contributed by atoms with Gasteiger partial charge in [0, 0.05) is 6.54 Å². The van der Waals surface area contributed by atoms with Gasteiger partial charge in [0.15, 0.2) is 0 Å². The van der Waals surface area contributed by atoms with Crippen molar-refractivity contribution in [3.8, 4) is 5.75 Å². The van der Waals surface area contributed by atoms with Crippen molar-refractivity contribution in [2.75, 3.05) is 20.2 Å². The van der Waals surface area contributed by atoms with Crippen LogP contribution in [0, 0.1) is 5.92 Å². The molecule has 0 unspecified atom stereocenters. The Morgan fingerprint density at radius 1 is 1.44 bits per heavy atom. The molecule has 0 aliphatic heterocycles. The zero-order chi connectivity index (χ0) is 13.4. The van der Waals surface area contributed by atoms with Crippen LogP contribution in [0.1, 0.15) is 12.0 Å². The van der Waals surface area contributed by atoms with E-state index in [1.54, 1.807) is 7.11 Å². The highest BCUT2D eigenvalue weighted by Gasteiger charge is 2.08. The number of nitrogens with two attached hydrogens (primary N) is 1. The number of carbonyl (C=O) groups is 1. The highest BCUT2D eigenvalue weighted by molar-refractivity contribution is 5.64. The fourth-order valence-corrected chi connectivity index (χ4v) is 1.70. The summed E-state index contributed by atoms with van der Waals surface area (Å²) in [5.74, 6) is 1.00. The Hall–Kier alpha value is -1.75. The number of aryl methyl sites for hydroxylation is 1. The van der Waals surface area contributed by atoms with Crippen molar-refractivity contribution in [3.05, 3.63) is 29.8 Å². The van der Waals surface area contributed by atoms with Crippen LogP contribution in [-0.4, -0.2) is 31.4 Å². The highest BCUT2D eigenvalue weighted by Crippen LogP contribution is 2.14. The second-order valence-corrected chi connectivity index (χ2v) is 4.17. The molecule has 5 nitrogen and oxygen atoms in total. The smallest absolute Gasteiger partial charge is 0.404 e. The maximum absolute atomic E-state index is 10.4. The molecule has 0 aliphatic carbocycles. The minimum Gasteiger partial charge on any atom is -0.497 e. The maximum Gasteiger partial charge on any atom is 0.404 e. The summed E-state index contributed by atoms with van der Waals surface area (Å²) in [6, 6.07) is 7.86. The molecular weight excluding hydrogens is 232 g/mol. The second kappa shape index (κ2) is 7.55. The zero-order valence-electron chi connectivity index (χ0n) is 10.6. The average molecular weight is 252 g/mol. The van der Waals surface area contributed by atoms with Crippen LogP contribution in [0.25, 0.3) is 0 Å². The molecule has 0 heterocycles. The molecule has 4 N–H and O–H groups in total. The van der Waals surface area contributed by atoms with Crippen LogP contribution in [-0.2, 0) is 6.42 Å². The second-order valence-electron chi connectivity index (χ2n) is 4.17. The number of hydrogen-bond acceptors (Lipinski definition) is 3. The summed E-state index contributed by atoms with van der Waals surface area (Å²) in [7, 11) is 1.64. The fourth-order valence-electron chi connectivity index (χ4n) is 1.70. The predicted molar refractivity (Wildman–Crippen MR) is 69.9 cm³/mol. The third-order valence-corrected chi connectivity index (χ3v) is 2.88. The maximum atomic E-state index is 10.4. The molecule has 0 radical (unpaired) electrons. The van der Waals surface area contributed by atoms with Crippen LogP contribution in [0.4, 0.5) is 4.79 Å². The van der Waals surface area contributed by atoms with Crippen LogP contribution in [0.3, 0.4) is 0 Å². The van der Waals surface area contributed by atoms with Crippen molar-refractivity contribution in [2.45, 2.75) is 12.8 Å². The van der Waals surface area contributed by atoms with Crippen molar-refractivity contribution in [1.29, 1.82) is 0 Å². The van der Waals surface area contributed by atoms with Gasteiger partial charge in [0.25, 0.3) is 0 Å². The van der Waals surface area contributed by atoms with E-state index in [4.69, 9.17) is 15.6 Å². The van der Waals surface area contributed by atoms with Crippen molar-refractivity contribution >= 4 is 6.09 Å². The van der Waals surface area contributed by atoms with E-state index in [9.17, 15) is 4.79 Å². The van der Waals surface area contributed by atoms with E-state index < -0.39 is 6.09 Å². The first-order valence-corrected chi connectivity index (χ1v) is 5.95. The minimum atomic E-state index is -1.00. The summed E-state index contributed by atoms with van der Waals surface area (Å²) in [6.07, 6.45) is 0.744. The van der Waals surface area contributed by atoms with Crippen LogP contribution < -0.4 is 15.8 Å². The molecule has 1 aromatic rings. The lowest BCUT2D eigenvalue weighted by Gasteiger charge is -2.14. The Kier molecular flexibility index (Phi) is 6.00. The molecule has 1 aromatic carbocycles. The summed E-state index contributed by atoms with van der Waals surface area (Å²) in [4.78, 5) is 10.4. The van der Waals surface area contributed by atoms with Crippen molar-refractivity contribution < 1.29 is 14.6 Å². The Morgan fingerprint density at radius 2 is 2.11 bits per heavy atom. The first-order chi connectivity index (χ1) is 8.65. The van der Waals surface area contributed by atoms with E-state index in [2.05, 4.69) is 5.32 Å². The lowest BCUT2D eigenvalue weighted by atomic mass is 9.99. The van der Waals surface area contributed by atoms with E-state index in [0.29, 0.717) is 13.1 Å². The van der Waals surface area contributed by atoms with Gasteiger partial charge in [0.2, 0.25) is 0 Å². The molecule has 0 aromatic heterocycles. The van der Waals surface area contributed by atoms with E-state index in [1.807, 2.05) is 24.3 Å². The van der Waals surface area contributed by atoms with Gasteiger partial charge < -0.3 is 20.9 Å². The van der Waals surface area contributed by atoms with E-state index in [0.717, 1.165) is 18.6 Å². The fraction of sp³-hybridized carbons (Fsp3) is 0.462. The summed E-state index contributed by atoms with van der Waals surface area (Å²) in [6.45, 7) is 0.887. The number of benzene rings is 1. The van der Waals surface area contributed by atoms with Crippen LogP contribution >= 0.6 is 0 Å². The Labute approximate surface area is 107 Å². The summed E-state index contributed by atoms with van der Waals surface area (Å²) >= 11 is 0. The van der Waals surface area contributed by atoms with Gasteiger partial charge in [0.1, 0.15) is 5.75 Å². The average Bonchev–Trinajstić information content (AvgIpc) is 2.39. The highest BCUT2D eigenvalue weighted by atomic mass is 16.5. The van der Waals surface area contributed by atoms with Crippen LogP contribution in [0.2, 0.25) is 0 Å². The molecule has 1 amide bonds. The zero-order valence-corrected chi connectivity index (χ0v) is 10.6. The molecule has 100 valence electrons. The number of ether oxygens (including phenoxy) is 1. The van der Waals surface area contributed by atoms with Gasteiger partial charge in [-0.1, -0.05) is 12.1 Å². The number of amides is 1. The predicted octanol–water partition coefficient (Wildman–Crippen LogP) is 1.47. The van der Waals surface area contributed by atoms with Crippen molar-refractivity contribution in [1.82, 2.24) is 5.32 Å². The topological polar surface area (TPSA) is 84.6 Å². The van der Waals surface area contributed by atoms with Gasteiger partial charge in [-0.25, -0.2) is 4.79 Å². The van der Waals surface area contributed by atoms with E-state index in [1.165, 1.54) is 5.56 Å². The molecule has 5 heteroatoms. The third-order valence-electron chi connectivity index (χ3n) is 2.88. The summed E-state index contributed by atoms with van der Waals surface area (Å²) in [5.41, 5.74) is 6.81. The molecule has 0 saturated heterocycles.